The summed E-state index contributed by atoms with van der Waals surface area (Å²) in [5.41, 5.74) is -2.66. The highest BCUT2D eigenvalue weighted by atomic mass is 32.2. The van der Waals surface area contributed by atoms with Crippen LogP contribution < -0.4 is 5.32 Å². The standard InChI is InChI=1S/C17H14F6N2O3S/c1-15(2,14(26)25-11-5-3-4-10(8-11)16(18,19)20)29(27,28)12-6-7-13(24-9-12)17(21,22)23/h3-9H,1-2H3,(H,25,26). The Morgan fingerprint density at radius 3 is 2.07 bits per heavy atom. The van der Waals surface area contributed by atoms with E-state index in [0.717, 1.165) is 32.0 Å². The summed E-state index contributed by atoms with van der Waals surface area (Å²) in [7, 11) is -4.52. The van der Waals surface area contributed by atoms with Gasteiger partial charge in [0.15, 0.2) is 9.84 Å². The molecule has 1 amide bonds. The van der Waals surface area contributed by atoms with Crippen molar-refractivity contribution in [2.24, 2.45) is 0 Å². The molecule has 0 aliphatic carbocycles. The largest absolute Gasteiger partial charge is 0.433 e. The maximum atomic E-state index is 12.8. The lowest BCUT2D eigenvalue weighted by Crippen LogP contribution is -2.44. The van der Waals surface area contributed by atoms with Crippen molar-refractivity contribution in [3.05, 3.63) is 53.9 Å². The summed E-state index contributed by atoms with van der Waals surface area (Å²) in [5, 5.41) is 2.09. The van der Waals surface area contributed by atoms with Crippen LogP contribution in [0.2, 0.25) is 0 Å². The van der Waals surface area contributed by atoms with Gasteiger partial charge in [0.25, 0.3) is 0 Å². The number of carbonyl (C=O) groups excluding carboxylic acids is 1. The molecule has 2 aromatic rings. The minimum absolute atomic E-state index is 0.293. The molecule has 0 saturated carbocycles. The summed E-state index contributed by atoms with van der Waals surface area (Å²) in [6, 6.07) is 4.67. The van der Waals surface area contributed by atoms with Crippen LogP contribution in [0.15, 0.2) is 47.5 Å². The summed E-state index contributed by atoms with van der Waals surface area (Å²) in [6.07, 6.45) is -8.98. The molecule has 1 aromatic carbocycles. The van der Waals surface area contributed by atoms with Gasteiger partial charge < -0.3 is 5.32 Å². The Morgan fingerprint density at radius 1 is 0.966 bits per heavy atom. The predicted octanol–water partition coefficient (Wildman–Crippen LogP) is 4.31. The van der Waals surface area contributed by atoms with Crippen molar-refractivity contribution in [1.82, 2.24) is 4.98 Å². The first-order valence-electron chi connectivity index (χ1n) is 7.83. The molecule has 5 nitrogen and oxygen atoms in total. The molecular formula is C17H14F6N2O3S. The maximum absolute atomic E-state index is 12.8. The van der Waals surface area contributed by atoms with E-state index < -0.39 is 49.0 Å². The molecule has 158 valence electrons. The van der Waals surface area contributed by atoms with Crippen molar-refractivity contribution in [2.75, 3.05) is 5.32 Å². The Balaban J connectivity index is 2.32. The van der Waals surface area contributed by atoms with Gasteiger partial charge in [0, 0.05) is 11.9 Å². The van der Waals surface area contributed by atoms with Gasteiger partial charge in [-0.2, -0.15) is 26.3 Å². The van der Waals surface area contributed by atoms with Gasteiger partial charge in [-0.1, -0.05) is 6.07 Å². The molecule has 1 aromatic heterocycles. The fourth-order valence-electron chi connectivity index (χ4n) is 2.18. The number of nitrogens with one attached hydrogen (secondary N) is 1. The molecule has 1 heterocycles. The number of amides is 1. The van der Waals surface area contributed by atoms with Crippen molar-refractivity contribution in [2.45, 2.75) is 35.8 Å². The summed E-state index contributed by atoms with van der Waals surface area (Å²) < 4.78 is 99.3. The zero-order chi connectivity index (χ0) is 22.3. The normalized spacial score (nSPS) is 13.2. The first-order valence-corrected chi connectivity index (χ1v) is 9.32. The number of hydrogen-bond donors (Lipinski definition) is 1. The second-order valence-electron chi connectivity index (χ2n) is 6.42. The predicted molar refractivity (Wildman–Crippen MR) is 90.6 cm³/mol. The van der Waals surface area contributed by atoms with E-state index in [2.05, 4.69) is 10.3 Å². The van der Waals surface area contributed by atoms with Crippen LogP contribution in [-0.2, 0) is 27.0 Å². The molecule has 12 heteroatoms. The van der Waals surface area contributed by atoms with Crippen molar-refractivity contribution >= 4 is 21.4 Å². The summed E-state index contributed by atoms with van der Waals surface area (Å²) in [5.74, 6) is -1.17. The number of alkyl halides is 6. The molecule has 1 N–H and O–H groups in total. The first-order chi connectivity index (χ1) is 13.1. The molecule has 2 rings (SSSR count). The molecule has 0 saturated heterocycles. The number of carbonyl (C=O) groups is 1. The minimum atomic E-state index is -4.78. The highest BCUT2D eigenvalue weighted by Crippen LogP contribution is 2.33. The van der Waals surface area contributed by atoms with Gasteiger partial charge in [-0.15, -0.1) is 0 Å². The maximum Gasteiger partial charge on any atom is 0.433 e. The van der Waals surface area contributed by atoms with Crippen molar-refractivity contribution in [1.29, 1.82) is 0 Å². The molecule has 29 heavy (non-hydrogen) atoms. The van der Waals surface area contributed by atoms with Gasteiger partial charge in [-0.3, -0.25) is 9.78 Å². The zero-order valence-electron chi connectivity index (χ0n) is 14.9. The molecule has 0 aliphatic heterocycles. The van der Waals surface area contributed by atoms with Crippen LogP contribution in [0.25, 0.3) is 0 Å². The number of hydrogen-bond acceptors (Lipinski definition) is 4. The smallest absolute Gasteiger partial charge is 0.325 e. The van der Waals surface area contributed by atoms with E-state index in [1.807, 2.05) is 0 Å². The van der Waals surface area contributed by atoms with Crippen LogP contribution in [0.3, 0.4) is 0 Å². The Morgan fingerprint density at radius 2 is 1.59 bits per heavy atom. The van der Waals surface area contributed by atoms with Crippen LogP contribution in [0.5, 0.6) is 0 Å². The van der Waals surface area contributed by atoms with E-state index in [1.54, 1.807) is 0 Å². The molecule has 0 atom stereocenters. The van der Waals surface area contributed by atoms with E-state index in [1.165, 1.54) is 0 Å². The minimum Gasteiger partial charge on any atom is -0.325 e. The average molecular weight is 440 g/mol. The number of rotatable bonds is 4. The third-order valence-electron chi connectivity index (χ3n) is 4.00. The Kier molecular flexibility index (Phi) is 5.72. The fraction of sp³-hybridized carbons (Fsp3) is 0.294. The van der Waals surface area contributed by atoms with Crippen molar-refractivity contribution in [3.63, 3.8) is 0 Å². The number of aromatic nitrogens is 1. The Labute approximate surface area is 161 Å². The molecular weight excluding hydrogens is 426 g/mol. The second kappa shape index (κ2) is 7.32. The van der Waals surface area contributed by atoms with Crippen LogP contribution in [-0.4, -0.2) is 24.1 Å². The van der Waals surface area contributed by atoms with Crippen LogP contribution in [0.4, 0.5) is 32.0 Å². The van der Waals surface area contributed by atoms with E-state index in [4.69, 9.17) is 0 Å². The number of sulfone groups is 1. The first kappa shape index (κ1) is 22.7. The number of pyridine rings is 1. The summed E-state index contributed by atoms with van der Waals surface area (Å²) in [4.78, 5) is 14.9. The highest BCUT2D eigenvalue weighted by molar-refractivity contribution is 7.93. The van der Waals surface area contributed by atoms with Gasteiger partial charge in [-0.25, -0.2) is 8.42 Å². The van der Waals surface area contributed by atoms with Crippen molar-refractivity contribution < 1.29 is 39.6 Å². The SMILES string of the molecule is CC(C)(C(=O)Nc1cccc(C(F)(F)F)c1)S(=O)(=O)c1ccc(C(F)(F)F)nc1. The molecule has 0 unspecified atom stereocenters. The summed E-state index contributed by atoms with van der Waals surface area (Å²) >= 11 is 0. The van der Waals surface area contributed by atoms with Gasteiger partial charge in [0.05, 0.1) is 10.5 Å². The molecule has 0 aliphatic rings. The van der Waals surface area contributed by atoms with E-state index in [-0.39, 0.29) is 5.69 Å². The molecule has 0 spiro atoms. The topological polar surface area (TPSA) is 76.1 Å². The van der Waals surface area contributed by atoms with Gasteiger partial charge in [0.2, 0.25) is 5.91 Å². The van der Waals surface area contributed by atoms with Crippen molar-refractivity contribution in [3.8, 4) is 0 Å². The van der Waals surface area contributed by atoms with Gasteiger partial charge >= 0.3 is 12.4 Å². The van der Waals surface area contributed by atoms with Crippen LogP contribution >= 0.6 is 0 Å². The second-order valence-corrected chi connectivity index (χ2v) is 8.92. The number of halogens is 6. The Bertz CT molecular complexity index is 1010. The quantitative estimate of drug-likeness (QED) is 0.719. The lowest BCUT2D eigenvalue weighted by Gasteiger charge is -2.24. The third-order valence-corrected chi connectivity index (χ3v) is 6.39. The zero-order valence-corrected chi connectivity index (χ0v) is 15.7. The Hall–Kier alpha value is -2.63. The average Bonchev–Trinajstić information content (AvgIpc) is 2.60. The number of anilines is 1. The van der Waals surface area contributed by atoms with E-state index in [0.29, 0.717) is 24.4 Å². The molecule has 0 fully saturated rings. The van der Waals surface area contributed by atoms with Gasteiger partial charge in [0.1, 0.15) is 10.4 Å². The van der Waals surface area contributed by atoms with Crippen LogP contribution in [0.1, 0.15) is 25.1 Å². The third kappa shape index (κ3) is 4.69. The number of nitrogens with zero attached hydrogens (tertiary/aromatic N) is 1. The fourth-order valence-corrected chi connectivity index (χ4v) is 3.50. The highest BCUT2D eigenvalue weighted by Gasteiger charge is 2.44. The lowest BCUT2D eigenvalue weighted by atomic mass is 10.1. The van der Waals surface area contributed by atoms with E-state index in [9.17, 15) is 39.6 Å². The van der Waals surface area contributed by atoms with Gasteiger partial charge in [-0.05, 0) is 44.2 Å². The van der Waals surface area contributed by atoms with Crippen LogP contribution in [0, 0.1) is 0 Å². The lowest BCUT2D eigenvalue weighted by molar-refractivity contribution is -0.141. The monoisotopic (exact) mass is 440 g/mol. The van der Waals surface area contributed by atoms with E-state index >= 15 is 0 Å². The molecule has 0 bridgehead atoms. The number of benzene rings is 1. The molecule has 0 radical (unpaired) electrons. The summed E-state index contributed by atoms with van der Waals surface area (Å²) in [6.45, 7) is 1.95.